The second-order valence-electron chi connectivity index (χ2n) is 9.07. The van der Waals surface area contributed by atoms with E-state index in [1.54, 1.807) is 23.6 Å². The lowest BCUT2D eigenvalue weighted by molar-refractivity contribution is -0.118. The van der Waals surface area contributed by atoms with Gasteiger partial charge in [0.05, 0.1) is 5.92 Å². The highest BCUT2D eigenvalue weighted by Crippen LogP contribution is 2.48. The summed E-state index contributed by atoms with van der Waals surface area (Å²) >= 11 is 1.60. The number of dihydropyridines is 1. The normalized spacial score (nSPS) is 20.7. The number of ketones is 1. The molecule has 2 aliphatic rings. The Labute approximate surface area is 181 Å². The maximum Gasteiger partial charge on any atom is 0.255 e. The lowest BCUT2D eigenvalue weighted by Gasteiger charge is -2.39. The van der Waals surface area contributed by atoms with E-state index in [0.29, 0.717) is 17.8 Å². The first-order valence-corrected chi connectivity index (χ1v) is 11.1. The number of allylic oxidation sites excluding steroid dienone is 3. The summed E-state index contributed by atoms with van der Waals surface area (Å²) in [5.41, 5.74) is 5.12. The number of amides is 1. The summed E-state index contributed by atoms with van der Waals surface area (Å²) in [4.78, 5) is 32.0. The third kappa shape index (κ3) is 3.72. The van der Waals surface area contributed by atoms with E-state index in [2.05, 4.69) is 29.5 Å². The zero-order valence-electron chi connectivity index (χ0n) is 18.1. The zero-order chi connectivity index (χ0) is 21.6. The average molecular weight is 422 g/mol. The smallest absolute Gasteiger partial charge is 0.255 e. The molecular formula is C24H27N3O2S. The first-order valence-electron chi connectivity index (χ1n) is 10.2. The highest BCUT2D eigenvalue weighted by atomic mass is 32.1. The summed E-state index contributed by atoms with van der Waals surface area (Å²) in [6, 6.07) is 5.76. The number of nitrogens with one attached hydrogen (secondary N) is 2. The molecule has 2 aromatic heterocycles. The molecule has 0 bridgehead atoms. The molecule has 156 valence electrons. The Balaban J connectivity index is 1.79. The van der Waals surface area contributed by atoms with Gasteiger partial charge in [0, 0.05) is 40.0 Å². The molecular weight excluding hydrogens is 394 g/mol. The summed E-state index contributed by atoms with van der Waals surface area (Å²) in [6.07, 6.45) is 3.01. The molecule has 3 heterocycles. The number of carbonyl (C=O) groups is 2. The molecule has 0 fully saturated rings. The minimum absolute atomic E-state index is 0.0934. The topological polar surface area (TPSA) is 71.1 Å². The summed E-state index contributed by atoms with van der Waals surface area (Å²) in [7, 11) is 0. The number of aromatic nitrogens is 1. The molecule has 5 nitrogen and oxygen atoms in total. The van der Waals surface area contributed by atoms with Gasteiger partial charge >= 0.3 is 0 Å². The van der Waals surface area contributed by atoms with Crippen LogP contribution in [-0.4, -0.2) is 16.7 Å². The van der Waals surface area contributed by atoms with Crippen molar-refractivity contribution in [1.29, 1.82) is 0 Å². The van der Waals surface area contributed by atoms with Crippen LogP contribution in [0.15, 0.2) is 52.3 Å². The first kappa shape index (κ1) is 20.5. The van der Waals surface area contributed by atoms with E-state index < -0.39 is 0 Å². The highest BCUT2D eigenvalue weighted by Gasteiger charge is 2.43. The number of hydrogen-bond acceptors (Lipinski definition) is 5. The van der Waals surface area contributed by atoms with Gasteiger partial charge in [-0.05, 0) is 61.2 Å². The molecule has 1 unspecified atom stereocenters. The monoisotopic (exact) mass is 421 g/mol. The van der Waals surface area contributed by atoms with Crippen molar-refractivity contribution < 1.29 is 9.59 Å². The van der Waals surface area contributed by atoms with Crippen LogP contribution < -0.4 is 10.6 Å². The fourth-order valence-corrected chi connectivity index (χ4v) is 5.45. The Hall–Kier alpha value is -2.73. The number of nitrogens with zero attached hydrogens (tertiary/aromatic N) is 1. The predicted octanol–water partition coefficient (Wildman–Crippen LogP) is 5.00. The van der Waals surface area contributed by atoms with Crippen molar-refractivity contribution in [3.05, 3.63) is 68.3 Å². The van der Waals surface area contributed by atoms with Crippen LogP contribution in [0.5, 0.6) is 0 Å². The molecule has 1 amide bonds. The van der Waals surface area contributed by atoms with E-state index in [9.17, 15) is 9.59 Å². The van der Waals surface area contributed by atoms with Gasteiger partial charge in [-0.15, -0.1) is 11.3 Å². The maximum atomic E-state index is 13.4. The van der Waals surface area contributed by atoms with Crippen molar-refractivity contribution >= 4 is 28.8 Å². The quantitative estimate of drug-likeness (QED) is 0.731. The number of pyridine rings is 1. The van der Waals surface area contributed by atoms with Crippen molar-refractivity contribution in [2.75, 3.05) is 5.32 Å². The zero-order valence-corrected chi connectivity index (χ0v) is 18.9. The summed E-state index contributed by atoms with van der Waals surface area (Å²) in [5.74, 6) is 0.0508. The van der Waals surface area contributed by atoms with Gasteiger partial charge in [0.25, 0.3) is 5.91 Å². The van der Waals surface area contributed by atoms with Gasteiger partial charge in [0.15, 0.2) is 5.78 Å². The molecule has 0 radical (unpaired) electrons. The van der Waals surface area contributed by atoms with Gasteiger partial charge in [0.2, 0.25) is 0 Å². The van der Waals surface area contributed by atoms with Crippen LogP contribution in [0.3, 0.4) is 0 Å². The van der Waals surface area contributed by atoms with Gasteiger partial charge in [-0.25, -0.2) is 4.98 Å². The Kier molecular flexibility index (Phi) is 5.14. The summed E-state index contributed by atoms with van der Waals surface area (Å²) in [5, 5.41) is 8.36. The summed E-state index contributed by atoms with van der Waals surface area (Å²) < 4.78 is 0. The maximum absolute atomic E-state index is 13.4. The van der Waals surface area contributed by atoms with Crippen molar-refractivity contribution in [2.24, 2.45) is 5.41 Å². The number of Topliss-reactive ketones (excluding diaryl/α,β-unsaturated/α-hetero) is 1. The lowest BCUT2D eigenvalue weighted by Crippen LogP contribution is -2.39. The molecule has 1 atom stereocenters. The second-order valence-corrected chi connectivity index (χ2v) is 10.0. The van der Waals surface area contributed by atoms with Crippen molar-refractivity contribution in [1.82, 2.24) is 10.3 Å². The number of thiophene rings is 1. The van der Waals surface area contributed by atoms with Gasteiger partial charge in [-0.2, -0.15) is 0 Å². The number of aryl methyl sites for hydroxylation is 2. The Morgan fingerprint density at radius 3 is 2.60 bits per heavy atom. The lowest BCUT2D eigenvalue weighted by atomic mass is 9.69. The van der Waals surface area contributed by atoms with E-state index in [4.69, 9.17) is 0 Å². The molecule has 0 spiro atoms. The molecule has 0 saturated carbocycles. The molecule has 6 heteroatoms. The SMILES string of the molecule is CC1=C(C(=O)Nc2ccc(C)cn2)C(c2sccc2C)C2=C(CC(C)(C)CC2=O)N1. The number of hydrogen-bond donors (Lipinski definition) is 2. The van der Waals surface area contributed by atoms with Crippen LogP contribution in [-0.2, 0) is 9.59 Å². The molecule has 0 aromatic carbocycles. The highest BCUT2D eigenvalue weighted by molar-refractivity contribution is 7.10. The van der Waals surface area contributed by atoms with Crippen LogP contribution in [0.2, 0.25) is 0 Å². The van der Waals surface area contributed by atoms with Gasteiger partial charge < -0.3 is 10.6 Å². The largest absolute Gasteiger partial charge is 0.362 e. The predicted molar refractivity (Wildman–Crippen MR) is 120 cm³/mol. The van der Waals surface area contributed by atoms with E-state index in [1.807, 2.05) is 38.3 Å². The Bertz CT molecular complexity index is 1090. The van der Waals surface area contributed by atoms with Crippen LogP contribution in [0, 0.1) is 19.3 Å². The van der Waals surface area contributed by atoms with Crippen LogP contribution >= 0.6 is 11.3 Å². The fraction of sp³-hybridized carbons (Fsp3) is 0.375. The van der Waals surface area contributed by atoms with Crippen molar-refractivity contribution in [2.45, 2.75) is 53.4 Å². The summed E-state index contributed by atoms with van der Waals surface area (Å²) in [6.45, 7) is 10.1. The Morgan fingerprint density at radius 2 is 1.97 bits per heavy atom. The number of carbonyl (C=O) groups excluding carboxylic acids is 2. The number of anilines is 1. The first-order chi connectivity index (χ1) is 14.2. The Morgan fingerprint density at radius 1 is 1.20 bits per heavy atom. The van der Waals surface area contributed by atoms with Crippen LogP contribution in [0.25, 0.3) is 0 Å². The van der Waals surface area contributed by atoms with Crippen LogP contribution in [0.1, 0.15) is 55.5 Å². The van der Waals surface area contributed by atoms with Gasteiger partial charge in [0.1, 0.15) is 5.82 Å². The number of rotatable bonds is 3. The van der Waals surface area contributed by atoms with Gasteiger partial charge in [-0.3, -0.25) is 9.59 Å². The van der Waals surface area contributed by atoms with E-state index in [1.165, 1.54) is 0 Å². The fourth-order valence-electron chi connectivity index (χ4n) is 4.40. The molecule has 1 aliphatic heterocycles. The molecule has 2 aromatic rings. The second kappa shape index (κ2) is 7.51. The minimum Gasteiger partial charge on any atom is -0.362 e. The minimum atomic E-state index is -0.352. The van der Waals surface area contributed by atoms with Crippen LogP contribution in [0.4, 0.5) is 5.82 Å². The van der Waals surface area contributed by atoms with E-state index >= 15 is 0 Å². The standard InChI is InChI=1S/C24H27N3O2S/c1-13-6-7-18(25-12-13)27-23(29)19-15(3)26-16-10-24(4,5)11-17(28)20(16)21(19)22-14(2)8-9-30-22/h6-9,12,21,26H,10-11H2,1-5H3,(H,25,27,29). The molecule has 30 heavy (non-hydrogen) atoms. The molecule has 1 aliphatic carbocycles. The average Bonchev–Trinajstić information content (AvgIpc) is 3.07. The third-order valence-corrected chi connectivity index (χ3v) is 6.88. The molecule has 0 saturated heterocycles. The van der Waals surface area contributed by atoms with E-state index in [0.717, 1.165) is 39.4 Å². The third-order valence-electron chi connectivity index (χ3n) is 5.80. The molecule has 4 rings (SSSR count). The van der Waals surface area contributed by atoms with Gasteiger partial charge in [-0.1, -0.05) is 19.9 Å². The van der Waals surface area contributed by atoms with Crippen molar-refractivity contribution in [3.63, 3.8) is 0 Å². The van der Waals surface area contributed by atoms with E-state index in [-0.39, 0.29) is 23.0 Å². The molecule has 2 N–H and O–H groups in total. The van der Waals surface area contributed by atoms with Crippen molar-refractivity contribution in [3.8, 4) is 0 Å².